The van der Waals surface area contributed by atoms with Crippen LogP contribution in [0, 0.1) is 5.41 Å². The number of carbonyl (C=O) groups excluding carboxylic acids is 2. The van der Waals surface area contributed by atoms with Gasteiger partial charge in [0.25, 0.3) is 0 Å². The van der Waals surface area contributed by atoms with Crippen molar-refractivity contribution in [2.45, 2.75) is 33.6 Å². The van der Waals surface area contributed by atoms with Crippen molar-refractivity contribution in [3.8, 4) is 0 Å². The molecule has 2 N–H and O–H groups in total. The summed E-state index contributed by atoms with van der Waals surface area (Å²) in [5.74, 6) is 0.122. The van der Waals surface area contributed by atoms with Crippen molar-refractivity contribution in [2.24, 2.45) is 5.41 Å². The fourth-order valence-electron chi connectivity index (χ4n) is 3.38. The van der Waals surface area contributed by atoms with Crippen molar-refractivity contribution in [2.75, 3.05) is 32.7 Å². The van der Waals surface area contributed by atoms with E-state index in [2.05, 4.69) is 31.1 Å². The van der Waals surface area contributed by atoms with Gasteiger partial charge in [0.05, 0.1) is 6.42 Å². The zero-order valence-corrected chi connectivity index (χ0v) is 16.5. The number of hydrogen-bond donors (Lipinski definition) is 2. The van der Waals surface area contributed by atoms with Gasteiger partial charge in [0, 0.05) is 49.8 Å². The summed E-state index contributed by atoms with van der Waals surface area (Å²) in [7, 11) is 0. The number of hydrogen-bond acceptors (Lipinski definition) is 2. The maximum absolute atomic E-state index is 12.8. The third-order valence-corrected chi connectivity index (χ3v) is 4.92. The van der Waals surface area contributed by atoms with Crippen molar-refractivity contribution < 1.29 is 9.59 Å². The first kappa shape index (κ1) is 19.3. The van der Waals surface area contributed by atoms with E-state index in [9.17, 15) is 9.59 Å². The third-order valence-electron chi connectivity index (χ3n) is 4.92. The molecule has 1 fully saturated rings. The predicted octanol–water partition coefficient (Wildman–Crippen LogP) is 3.00. The Morgan fingerprint density at radius 1 is 1.07 bits per heavy atom. The molecule has 0 aliphatic carbocycles. The van der Waals surface area contributed by atoms with Crippen molar-refractivity contribution in [3.05, 3.63) is 36.0 Å². The lowest BCUT2D eigenvalue weighted by molar-refractivity contribution is -0.130. The van der Waals surface area contributed by atoms with Crippen LogP contribution in [0.1, 0.15) is 32.8 Å². The second kappa shape index (κ2) is 8.03. The number of nitrogens with one attached hydrogen (secondary N) is 2. The molecular formula is C21H30N4O2. The van der Waals surface area contributed by atoms with Crippen LogP contribution in [0.3, 0.4) is 0 Å². The Morgan fingerprint density at radius 3 is 2.56 bits per heavy atom. The minimum Gasteiger partial charge on any atom is -0.361 e. The predicted molar refractivity (Wildman–Crippen MR) is 108 cm³/mol. The van der Waals surface area contributed by atoms with Crippen LogP contribution in [0.2, 0.25) is 0 Å². The monoisotopic (exact) mass is 370 g/mol. The van der Waals surface area contributed by atoms with E-state index in [0.717, 1.165) is 22.9 Å². The Kier molecular flexibility index (Phi) is 5.73. The molecule has 0 radical (unpaired) electrons. The first-order chi connectivity index (χ1) is 12.8. The molecule has 1 aromatic heterocycles. The zero-order chi connectivity index (χ0) is 19.4. The van der Waals surface area contributed by atoms with E-state index in [0.29, 0.717) is 39.1 Å². The molecule has 2 aromatic rings. The quantitative estimate of drug-likeness (QED) is 0.872. The number of nitrogens with zero attached hydrogens (tertiary/aromatic N) is 2. The molecule has 3 amide bonds. The van der Waals surface area contributed by atoms with Crippen LogP contribution in [-0.4, -0.2) is 59.4 Å². The van der Waals surface area contributed by atoms with E-state index in [4.69, 9.17) is 0 Å². The number of benzene rings is 1. The van der Waals surface area contributed by atoms with Crippen LogP contribution in [0.5, 0.6) is 0 Å². The molecule has 1 aliphatic heterocycles. The van der Waals surface area contributed by atoms with Crippen LogP contribution in [-0.2, 0) is 11.2 Å². The molecule has 146 valence electrons. The highest BCUT2D eigenvalue weighted by Crippen LogP contribution is 2.19. The van der Waals surface area contributed by atoms with Crippen LogP contribution in [0.25, 0.3) is 10.9 Å². The Morgan fingerprint density at radius 2 is 1.78 bits per heavy atom. The average molecular weight is 370 g/mol. The van der Waals surface area contributed by atoms with Crippen molar-refractivity contribution in [1.82, 2.24) is 20.1 Å². The number of carbonyl (C=O) groups is 2. The topological polar surface area (TPSA) is 68.4 Å². The van der Waals surface area contributed by atoms with Gasteiger partial charge < -0.3 is 20.1 Å². The molecular weight excluding hydrogens is 340 g/mol. The van der Waals surface area contributed by atoms with Gasteiger partial charge in [-0.1, -0.05) is 39.0 Å². The SMILES string of the molecule is CC(C)(C)CNC(=O)N1CCCN(C(=O)Cc2c[nH]c3ccccc23)CC1. The summed E-state index contributed by atoms with van der Waals surface area (Å²) in [5.41, 5.74) is 2.14. The van der Waals surface area contributed by atoms with E-state index in [1.54, 1.807) is 0 Å². The second-order valence-electron chi connectivity index (χ2n) is 8.48. The first-order valence-electron chi connectivity index (χ1n) is 9.69. The number of para-hydroxylation sites is 1. The van der Waals surface area contributed by atoms with Gasteiger partial charge in [-0.25, -0.2) is 4.79 Å². The molecule has 0 saturated carbocycles. The molecule has 27 heavy (non-hydrogen) atoms. The summed E-state index contributed by atoms with van der Waals surface area (Å²) < 4.78 is 0. The van der Waals surface area contributed by atoms with E-state index >= 15 is 0 Å². The minimum atomic E-state index is -0.0316. The lowest BCUT2D eigenvalue weighted by Gasteiger charge is -2.25. The Hall–Kier alpha value is -2.50. The molecule has 6 heteroatoms. The summed E-state index contributed by atoms with van der Waals surface area (Å²) in [4.78, 5) is 32.1. The van der Waals surface area contributed by atoms with Gasteiger partial charge in [-0.2, -0.15) is 0 Å². The first-order valence-corrected chi connectivity index (χ1v) is 9.69. The lowest BCUT2D eigenvalue weighted by atomic mass is 9.97. The van der Waals surface area contributed by atoms with Crippen molar-refractivity contribution in [3.63, 3.8) is 0 Å². The molecule has 0 bridgehead atoms. The molecule has 1 saturated heterocycles. The summed E-state index contributed by atoms with van der Waals surface area (Å²) in [6.07, 6.45) is 3.12. The molecule has 0 spiro atoms. The Balaban J connectivity index is 1.56. The van der Waals surface area contributed by atoms with Crippen LogP contribution in [0.15, 0.2) is 30.5 Å². The van der Waals surface area contributed by atoms with E-state index < -0.39 is 0 Å². The Labute approximate surface area is 160 Å². The van der Waals surface area contributed by atoms with Crippen molar-refractivity contribution >= 4 is 22.8 Å². The lowest BCUT2D eigenvalue weighted by Crippen LogP contribution is -2.45. The molecule has 1 aliphatic rings. The number of H-pyrrole nitrogens is 1. The van der Waals surface area contributed by atoms with E-state index in [-0.39, 0.29) is 17.4 Å². The van der Waals surface area contributed by atoms with Gasteiger partial charge >= 0.3 is 6.03 Å². The highest BCUT2D eigenvalue weighted by Gasteiger charge is 2.23. The molecule has 2 heterocycles. The smallest absolute Gasteiger partial charge is 0.317 e. The molecule has 1 aromatic carbocycles. The maximum atomic E-state index is 12.8. The van der Waals surface area contributed by atoms with Crippen LogP contribution >= 0.6 is 0 Å². The minimum absolute atomic E-state index is 0.0316. The number of urea groups is 1. The summed E-state index contributed by atoms with van der Waals surface area (Å²) >= 11 is 0. The maximum Gasteiger partial charge on any atom is 0.317 e. The fraction of sp³-hybridized carbons (Fsp3) is 0.524. The molecule has 0 unspecified atom stereocenters. The van der Waals surface area contributed by atoms with Gasteiger partial charge in [-0.3, -0.25) is 4.79 Å². The highest BCUT2D eigenvalue weighted by molar-refractivity contribution is 5.89. The number of aromatic amines is 1. The summed E-state index contributed by atoms with van der Waals surface area (Å²) in [6.45, 7) is 9.49. The zero-order valence-electron chi connectivity index (χ0n) is 16.5. The highest BCUT2D eigenvalue weighted by atomic mass is 16.2. The van der Waals surface area contributed by atoms with Crippen LogP contribution in [0.4, 0.5) is 4.79 Å². The number of rotatable bonds is 3. The van der Waals surface area contributed by atoms with E-state index in [1.807, 2.05) is 40.3 Å². The second-order valence-corrected chi connectivity index (χ2v) is 8.48. The molecule has 3 rings (SSSR count). The fourth-order valence-corrected chi connectivity index (χ4v) is 3.38. The van der Waals surface area contributed by atoms with Gasteiger partial charge in [-0.15, -0.1) is 0 Å². The summed E-state index contributed by atoms with van der Waals surface area (Å²) in [6, 6.07) is 8.00. The van der Waals surface area contributed by atoms with E-state index in [1.165, 1.54) is 0 Å². The largest absolute Gasteiger partial charge is 0.361 e. The number of fused-ring (bicyclic) bond motifs is 1. The van der Waals surface area contributed by atoms with Crippen molar-refractivity contribution in [1.29, 1.82) is 0 Å². The molecule has 0 atom stereocenters. The number of amides is 3. The Bertz CT molecular complexity index is 806. The van der Waals surface area contributed by atoms with Crippen LogP contribution < -0.4 is 5.32 Å². The number of aromatic nitrogens is 1. The average Bonchev–Trinajstić information content (AvgIpc) is 2.86. The standard InChI is InChI=1S/C21H30N4O2/c1-21(2,3)15-23-20(27)25-10-6-9-24(11-12-25)19(26)13-16-14-22-18-8-5-4-7-17(16)18/h4-5,7-8,14,22H,6,9-13,15H2,1-3H3,(H,23,27). The van der Waals surface area contributed by atoms with Gasteiger partial charge in [0.2, 0.25) is 5.91 Å². The molecule has 6 nitrogen and oxygen atoms in total. The van der Waals surface area contributed by atoms with Gasteiger partial charge in [0.1, 0.15) is 0 Å². The summed E-state index contributed by atoms with van der Waals surface area (Å²) in [5, 5.41) is 4.10. The van der Waals surface area contributed by atoms with Gasteiger partial charge in [-0.05, 0) is 23.5 Å². The normalized spacial score (nSPS) is 15.7. The van der Waals surface area contributed by atoms with Gasteiger partial charge in [0.15, 0.2) is 0 Å². The third kappa shape index (κ3) is 5.02.